The van der Waals surface area contributed by atoms with Crippen LogP contribution in [-0.2, 0) is 5.54 Å². The molecule has 0 saturated carbocycles. The van der Waals surface area contributed by atoms with Crippen molar-refractivity contribution in [2.24, 2.45) is 0 Å². The summed E-state index contributed by atoms with van der Waals surface area (Å²) in [6.45, 7) is 4.44. The summed E-state index contributed by atoms with van der Waals surface area (Å²) in [5.74, 6) is 0. The van der Waals surface area contributed by atoms with Gasteiger partial charge in [-0.3, -0.25) is 0 Å². The number of rotatable bonds is 2. The standard InChI is InChI=1S/C14H17N/c1-3-12-10-7-11-15-14(12,2)13-8-5-4-6-9-13/h4-11,15H,3H2,1-2H3. The molecular weight excluding hydrogens is 182 g/mol. The van der Waals surface area contributed by atoms with Crippen LogP contribution in [0, 0.1) is 0 Å². The molecule has 0 saturated heterocycles. The van der Waals surface area contributed by atoms with Gasteiger partial charge in [-0.15, -0.1) is 0 Å². The van der Waals surface area contributed by atoms with Crippen molar-refractivity contribution in [3.05, 3.63) is 59.8 Å². The molecule has 1 heteroatoms. The highest BCUT2D eigenvalue weighted by molar-refractivity contribution is 5.38. The summed E-state index contributed by atoms with van der Waals surface area (Å²) < 4.78 is 0. The van der Waals surface area contributed by atoms with Gasteiger partial charge in [-0.2, -0.15) is 0 Å². The second-order valence-electron chi connectivity index (χ2n) is 4.04. The van der Waals surface area contributed by atoms with Crippen molar-refractivity contribution in [3.63, 3.8) is 0 Å². The predicted molar refractivity (Wildman–Crippen MR) is 64.4 cm³/mol. The number of nitrogens with one attached hydrogen (secondary N) is 1. The minimum Gasteiger partial charge on any atom is -0.378 e. The van der Waals surface area contributed by atoms with Gasteiger partial charge in [-0.1, -0.05) is 43.3 Å². The van der Waals surface area contributed by atoms with E-state index in [4.69, 9.17) is 0 Å². The van der Waals surface area contributed by atoms with Gasteiger partial charge in [-0.25, -0.2) is 0 Å². The summed E-state index contributed by atoms with van der Waals surface area (Å²) in [5, 5.41) is 3.46. The average molecular weight is 199 g/mol. The predicted octanol–water partition coefficient (Wildman–Crippen LogP) is 3.36. The minimum absolute atomic E-state index is 0.0369. The molecule has 0 aromatic heterocycles. The maximum absolute atomic E-state index is 3.46. The summed E-state index contributed by atoms with van der Waals surface area (Å²) >= 11 is 0. The average Bonchev–Trinajstić information content (AvgIpc) is 2.31. The quantitative estimate of drug-likeness (QED) is 0.770. The van der Waals surface area contributed by atoms with Gasteiger partial charge in [-0.05, 0) is 36.8 Å². The Balaban J connectivity index is 2.42. The van der Waals surface area contributed by atoms with Crippen molar-refractivity contribution in [1.29, 1.82) is 0 Å². The normalized spacial score (nSPS) is 24.5. The van der Waals surface area contributed by atoms with E-state index in [0.29, 0.717) is 0 Å². The monoisotopic (exact) mass is 199 g/mol. The third-order valence-corrected chi connectivity index (χ3v) is 3.14. The molecule has 2 rings (SSSR count). The van der Waals surface area contributed by atoms with Crippen molar-refractivity contribution in [1.82, 2.24) is 5.32 Å². The summed E-state index contributed by atoms with van der Waals surface area (Å²) in [6, 6.07) is 10.6. The minimum atomic E-state index is -0.0369. The molecule has 0 radical (unpaired) electrons. The highest BCUT2D eigenvalue weighted by atomic mass is 15.0. The first-order chi connectivity index (χ1) is 7.27. The van der Waals surface area contributed by atoms with Gasteiger partial charge in [0.1, 0.15) is 0 Å². The number of dihydropyridines is 1. The van der Waals surface area contributed by atoms with Gasteiger partial charge in [0, 0.05) is 0 Å². The first-order valence-electron chi connectivity index (χ1n) is 5.47. The van der Waals surface area contributed by atoms with Crippen LogP contribution in [0.3, 0.4) is 0 Å². The first kappa shape index (κ1) is 10.0. The summed E-state index contributed by atoms with van der Waals surface area (Å²) in [5.41, 5.74) is 2.71. The van der Waals surface area contributed by atoms with Crippen LogP contribution in [-0.4, -0.2) is 0 Å². The number of hydrogen-bond donors (Lipinski definition) is 1. The fourth-order valence-electron chi connectivity index (χ4n) is 2.15. The molecule has 1 atom stereocenters. The second kappa shape index (κ2) is 3.93. The van der Waals surface area contributed by atoms with Crippen LogP contribution >= 0.6 is 0 Å². The van der Waals surface area contributed by atoms with E-state index >= 15 is 0 Å². The number of hydrogen-bond acceptors (Lipinski definition) is 1. The summed E-state index contributed by atoms with van der Waals surface area (Å²) in [6.07, 6.45) is 7.38. The smallest absolute Gasteiger partial charge is 0.0808 e. The Labute approximate surface area is 91.5 Å². The van der Waals surface area contributed by atoms with Gasteiger partial charge >= 0.3 is 0 Å². The molecule has 1 aromatic carbocycles. The van der Waals surface area contributed by atoms with Crippen LogP contribution in [0.2, 0.25) is 0 Å². The van der Waals surface area contributed by atoms with Crippen LogP contribution in [0.5, 0.6) is 0 Å². The maximum atomic E-state index is 3.46. The molecule has 1 aromatic rings. The van der Waals surface area contributed by atoms with E-state index < -0.39 is 0 Å². The molecule has 1 N–H and O–H groups in total. The van der Waals surface area contributed by atoms with E-state index in [1.54, 1.807) is 0 Å². The lowest BCUT2D eigenvalue weighted by molar-refractivity contribution is 0.476. The molecule has 1 unspecified atom stereocenters. The molecule has 0 fully saturated rings. The Morgan fingerprint density at radius 3 is 2.60 bits per heavy atom. The Hall–Kier alpha value is -1.50. The third kappa shape index (κ3) is 1.70. The topological polar surface area (TPSA) is 12.0 Å². The van der Waals surface area contributed by atoms with Crippen LogP contribution < -0.4 is 5.32 Å². The summed E-state index contributed by atoms with van der Waals surface area (Å²) in [4.78, 5) is 0. The van der Waals surface area contributed by atoms with E-state index in [9.17, 15) is 0 Å². The fraction of sp³-hybridized carbons (Fsp3) is 0.286. The SMILES string of the molecule is CCC1=CC=CNC1(C)c1ccccc1. The van der Waals surface area contributed by atoms with Crippen molar-refractivity contribution in [2.45, 2.75) is 25.8 Å². The second-order valence-corrected chi connectivity index (χ2v) is 4.04. The highest BCUT2D eigenvalue weighted by Crippen LogP contribution is 2.32. The van der Waals surface area contributed by atoms with Gasteiger partial charge in [0.25, 0.3) is 0 Å². The van der Waals surface area contributed by atoms with E-state index in [-0.39, 0.29) is 5.54 Å². The molecule has 15 heavy (non-hydrogen) atoms. The fourth-order valence-corrected chi connectivity index (χ4v) is 2.15. The first-order valence-corrected chi connectivity index (χ1v) is 5.47. The van der Waals surface area contributed by atoms with Crippen molar-refractivity contribution < 1.29 is 0 Å². The molecule has 0 bridgehead atoms. The van der Waals surface area contributed by atoms with Crippen molar-refractivity contribution >= 4 is 0 Å². The number of benzene rings is 1. The van der Waals surface area contributed by atoms with Gasteiger partial charge in [0.05, 0.1) is 5.54 Å². The van der Waals surface area contributed by atoms with Crippen LogP contribution in [0.1, 0.15) is 25.8 Å². The zero-order chi connectivity index (χ0) is 10.7. The lowest BCUT2D eigenvalue weighted by Gasteiger charge is -2.35. The molecule has 0 spiro atoms. The Kier molecular flexibility index (Phi) is 2.63. The molecule has 1 aliphatic rings. The highest BCUT2D eigenvalue weighted by Gasteiger charge is 2.29. The van der Waals surface area contributed by atoms with E-state index in [1.165, 1.54) is 11.1 Å². The van der Waals surface area contributed by atoms with Crippen molar-refractivity contribution in [2.75, 3.05) is 0 Å². The van der Waals surface area contributed by atoms with Crippen LogP contribution in [0.4, 0.5) is 0 Å². The van der Waals surface area contributed by atoms with Gasteiger partial charge in [0.2, 0.25) is 0 Å². The van der Waals surface area contributed by atoms with Crippen LogP contribution in [0.15, 0.2) is 54.3 Å². The molecular formula is C14H17N. The maximum Gasteiger partial charge on any atom is 0.0808 e. The molecule has 78 valence electrons. The van der Waals surface area contributed by atoms with E-state index in [2.05, 4.69) is 61.6 Å². The van der Waals surface area contributed by atoms with Crippen molar-refractivity contribution in [3.8, 4) is 0 Å². The molecule has 0 amide bonds. The Bertz CT molecular complexity index is 389. The molecule has 0 aliphatic carbocycles. The van der Waals surface area contributed by atoms with Crippen LogP contribution in [0.25, 0.3) is 0 Å². The Morgan fingerprint density at radius 2 is 1.93 bits per heavy atom. The molecule has 1 nitrogen and oxygen atoms in total. The zero-order valence-corrected chi connectivity index (χ0v) is 9.33. The third-order valence-electron chi connectivity index (χ3n) is 3.14. The lowest BCUT2D eigenvalue weighted by Crippen LogP contribution is -2.39. The van der Waals surface area contributed by atoms with E-state index in [0.717, 1.165) is 6.42 Å². The van der Waals surface area contributed by atoms with E-state index in [1.807, 2.05) is 6.20 Å². The van der Waals surface area contributed by atoms with Gasteiger partial charge in [0.15, 0.2) is 0 Å². The van der Waals surface area contributed by atoms with Gasteiger partial charge < -0.3 is 5.32 Å². The molecule has 1 aliphatic heterocycles. The summed E-state index contributed by atoms with van der Waals surface area (Å²) in [7, 11) is 0. The Morgan fingerprint density at radius 1 is 1.20 bits per heavy atom. The lowest BCUT2D eigenvalue weighted by atomic mass is 9.81. The largest absolute Gasteiger partial charge is 0.378 e. The zero-order valence-electron chi connectivity index (χ0n) is 9.33. The number of allylic oxidation sites excluding steroid dienone is 2. The molecule has 1 heterocycles.